The number of nitrogens with zero attached hydrogens (tertiary/aromatic N) is 4. The van der Waals surface area contributed by atoms with E-state index in [2.05, 4.69) is 24.9 Å². The van der Waals surface area contributed by atoms with Crippen molar-refractivity contribution in [3.63, 3.8) is 0 Å². The van der Waals surface area contributed by atoms with Gasteiger partial charge in [-0.3, -0.25) is 4.79 Å². The topological polar surface area (TPSA) is 102 Å². The predicted octanol–water partition coefficient (Wildman–Crippen LogP) is 0.930. The first kappa shape index (κ1) is 9.23. The van der Waals surface area contributed by atoms with Crippen molar-refractivity contribution in [3.05, 3.63) is 29.5 Å². The number of hydrogen-bond donors (Lipinski definition) is 1. The van der Waals surface area contributed by atoms with Gasteiger partial charge in [0.05, 0.1) is 0 Å². The van der Waals surface area contributed by atoms with Gasteiger partial charge in [-0.25, -0.2) is 14.6 Å². The fourth-order valence-corrected chi connectivity index (χ4v) is 2.04. The summed E-state index contributed by atoms with van der Waals surface area (Å²) in [6, 6.07) is 4.52. The third kappa shape index (κ3) is 1.000. The fourth-order valence-electron chi connectivity index (χ4n) is 2.04. The maximum Gasteiger partial charge on any atom is 0.244 e. The summed E-state index contributed by atoms with van der Waals surface area (Å²) in [4.78, 5) is 20.4. The normalized spacial score (nSPS) is 12.8. The monoisotopic (exact) mass is 240 g/mol. The summed E-state index contributed by atoms with van der Waals surface area (Å²) in [7, 11) is 0. The number of ketones is 1. The van der Waals surface area contributed by atoms with Crippen LogP contribution in [0.25, 0.3) is 22.6 Å². The maximum atomic E-state index is 12.1. The highest BCUT2D eigenvalue weighted by molar-refractivity contribution is 6.20. The molecule has 2 aromatic heterocycles. The number of benzene rings is 1. The molecule has 4 rings (SSSR count). The molecule has 0 unspecified atom stereocenters. The Bertz CT molecular complexity index is 824. The van der Waals surface area contributed by atoms with E-state index in [-0.39, 0.29) is 28.5 Å². The minimum atomic E-state index is -0.284. The molecule has 1 aromatic carbocycles. The molecule has 7 nitrogen and oxygen atoms in total. The summed E-state index contributed by atoms with van der Waals surface area (Å²) in [5.41, 5.74) is 2.11. The number of aromatic hydroxyl groups is 1. The van der Waals surface area contributed by atoms with Gasteiger partial charge in [-0.1, -0.05) is 0 Å². The molecule has 1 N–H and O–H groups in total. The Morgan fingerprint density at radius 2 is 1.72 bits per heavy atom. The molecule has 86 valence electrons. The van der Waals surface area contributed by atoms with Crippen LogP contribution in [-0.4, -0.2) is 31.2 Å². The van der Waals surface area contributed by atoms with E-state index in [0.717, 1.165) is 0 Å². The van der Waals surface area contributed by atoms with Crippen molar-refractivity contribution < 1.29 is 14.5 Å². The van der Waals surface area contributed by atoms with Crippen LogP contribution in [0.5, 0.6) is 5.75 Å². The second-order valence-corrected chi connectivity index (χ2v) is 3.89. The lowest BCUT2D eigenvalue weighted by molar-refractivity contribution is 0.103. The van der Waals surface area contributed by atoms with Gasteiger partial charge >= 0.3 is 0 Å². The smallest absolute Gasteiger partial charge is 0.244 e. The van der Waals surface area contributed by atoms with Crippen LogP contribution >= 0.6 is 0 Å². The molecule has 18 heavy (non-hydrogen) atoms. The first-order valence-electron chi connectivity index (χ1n) is 5.12. The Morgan fingerprint density at radius 1 is 1.00 bits per heavy atom. The van der Waals surface area contributed by atoms with Gasteiger partial charge in [0.2, 0.25) is 17.1 Å². The zero-order chi connectivity index (χ0) is 12.3. The number of carbonyl (C=O) groups is 1. The van der Waals surface area contributed by atoms with Crippen molar-refractivity contribution in [1.29, 1.82) is 0 Å². The van der Waals surface area contributed by atoms with Crippen LogP contribution in [0.15, 0.2) is 22.8 Å². The van der Waals surface area contributed by atoms with Gasteiger partial charge in [-0.05, 0) is 28.5 Å². The van der Waals surface area contributed by atoms with E-state index in [1.165, 1.54) is 12.1 Å². The summed E-state index contributed by atoms with van der Waals surface area (Å²) in [5.74, 6) is -0.256. The molecule has 0 fully saturated rings. The minimum Gasteiger partial charge on any atom is -0.508 e. The lowest BCUT2D eigenvalue weighted by Crippen LogP contribution is -1.99. The van der Waals surface area contributed by atoms with Crippen LogP contribution in [-0.2, 0) is 0 Å². The minimum absolute atomic E-state index is 0.0279. The SMILES string of the molecule is O=C1c2cc(O)ccc2-c2nc3nonc3nc21. The molecule has 1 aliphatic rings. The van der Waals surface area contributed by atoms with E-state index in [4.69, 9.17) is 0 Å². The lowest BCUT2D eigenvalue weighted by atomic mass is 10.1. The van der Waals surface area contributed by atoms with Crippen LogP contribution in [0.2, 0.25) is 0 Å². The van der Waals surface area contributed by atoms with Crippen LogP contribution in [0.4, 0.5) is 0 Å². The number of aromatic nitrogens is 4. The number of carbonyl (C=O) groups excluding carboxylic acids is 1. The van der Waals surface area contributed by atoms with Gasteiger partial charge in [0.1, 0.15) is 17.1 Å². The number of rotatable bonds is 0. The van der Waals surface area contributed by atoms with E-state index in [1.54, 1.807) is 6.07 Å². The van der Waals surface area contributed by atoms with Crippen LogP contribution in [0.3, 0.4) is 0 Å². The van der Waals surface area contributed by atoms with E-state index in [9.17, 15) is 9.90 Å². The maximum absolute atomic E-state index is 12.1. The second kappa shape index (κ2) is 2.89. The molecular formula is C11H4N4O3. The summed E-state index contributed by atoms with van der Waals surface area (Å²) < 4.78 is 4.51. The largest absolute Gasteiger partial charge is 0.508 e. The molecule has 0 spiro atoms. The molecule has 0 aliphatic heterocycles. The van der Waals surface area contributed by atoms with Gasteiger partial charge in [-0.15, -0.1) is 0 Å². The molecule has 0 saturated carbocycles. The first-order valence-corrected chi connectivity index (χ1v) is 5.12. The average molecular weight is 240 g/mol. The zero-order valence-corrected chi connectivity index (χ0v) is 8.78. The standard InChI is InChI=1S/C11H4N4O3/c16-4-1-2-5-6(3-4)9(17)8-7(5)12-10-11(13-8)15-18-14-10/h1-3,16H. The van der Waals surface area contributed by atoms with Crippen molar-refractivity contribution in [2.75, 3.05) is 0 Å². The average Bonchev–Trinajstić information content (AvgIpc) is 2.92. The van der Waals surface area contributed by atoms with Gasteiger partial charge in [-0.2, -0.15) is 0 Å². The van der Waals surface area contributed by atoms with E-state index in [0.29, 0.717) is 16.8 Å². The molecule has 0 amide bonds. The van der Waals surface area contributed by atoms with Gasteiger partial charge < -0.3 is 5.11 Å². The molecule has 0 saturated heterocycles. The summed E-state index contributed by atoms with van der Waals surface area (Å²) in [6.07, 6.45) is 0. The van der Waals surface area contributed by atoms with Crippen molar-refractivity contribution in [1.82, 2.24) is 20.3 Å². The van der Waals surface area contributed by atoms with Gasteiger partial charge in [0.25, 0.3) is 0 Å². The Morgan fingerprint density at radius 3 is 2.50 bits per heavy atom. The Balaban J connectivity index is 2.12. The quantitative estimate of drug-likeness (QED) is 0.487. The van der Waals surface area contributed by atoms with Crippen molar-refractivity contribution in [2.45, 2.75) is 0 Å². The molecule has 0 radical (unpaired) electrons. The summed E-state index contributed by atoms with van der Waals surface area (Å²) in [6.45, 7) is 0. The Labute approximate surface area is 99.1 Å². The van der Waals surface area contributed by atoms with Crippen LogP contribution in [0, 0.1) is 0 Å². The number of phenolic OH excluding ortho intramolecular Hbond substituents is 1. The second-order valence-electron chi connectivity index (χ2n) is 3.89. The molecular weight excluding hydrogens is 236 g/mol. The molecule has 0 bridgehead atoms. The van der Waals surface area contributed by atoms with Gasteiger partial charge in [0.15, 0.2) is 0 Å². The lowest BCUT2D eigenvalue weighted by Gasteiger charge is -1.97. The highest BCUT2D eigenvalue weighted by atomic mass is 16.6. The summed E-state index contributed by atoms with van der Waals surface area (Å²) in [5, 5.41) is 16.6. The number of hydrogen-bond acceptors (Lipinski definition) is 7. The van der Waals surface area contributed by atoms with Crippen LogP contribution in [0.1, 0.15) is 16.1 Å². The van der Waals surface area contributed by atoms with Crippen LogP contribution < -0.4 is 0 Å². The fraction of sp³-hybridized carbons (Fsp3) is 0. The molecule has 3 aromatic rings. The Hall–Kier alpha value is -2.83. The highest BCUT2D eigenvalue weighted by Crippen LogP contribution is 2.36. The third-order valence-electron chi connectivity index (χ3n) is 2.83. The van der Waals surface area contributed by atoms with Crippen molar-refractivity contribution >= 4 is 17.1 Å². The number of fused-ring (bicyclic) bond motifs is 4. The summed E-state index contributed by atoms with van der Waals surface area (Å²) >= 11 is 0. The predicted molar refractivity (Wildman–Crippen MR) is 57.9 cm³/mol. The van der Waals surface area contributed by atoms with Crippen molar-refractivity contribution in [2.24, 2.45) is 0 Å². The van der Waals surface area contributed by atoms with Crippen molar-refractivity contribution in [3.8, 4) is 17.0 Å². The molecule has 1 aliphatic carbocycles. The molecule has 2 heterocycles. The van der Waals surface area contributed by atoms with E-state index in [1.807, 2.05) is 0 Å². The van der Waals surface area contributed by atoms with Gasteiger partial charge in [0, 0.05) is 11.1 Å². The van der Waals surface area contributed by atoms with E-state index >= 15 is 0 Å². The Kier molecular flexibility index (Phi) is 1.48. The van der Waals surface area contributed by atoms with E-state index < -0.39 is 0 Å². The highest BCUT2D eigenvalue weighted by Gasteiger charge is 2.31. The first-order chi connectivity index (χ1) is 8.74. The molecule has 7 heteroatoms. The molecule has 0 atom stereocenters. The number of phenols is 1. The zero-order valence-electron chi connectivity index (χ0n) is 8.78. The third-order valence-corrected chi connectivity index (χ3v) is 2.83.